The van der Waals surface area contributed by atoms with E-state index in [4.69, 9.17) is 5.73 Å². The second kappa shape index (κ2) is 5.20. The summed E-state index contributed by atoms with van der Waals surface area (Å²) in [6, 6.07) is 1.41. The van der Waals surface area contributed by atoms with Gasteiger partial charge in [-0.1, -0.05) is 0 Å². The zero-order valence-electron chi connectivity index (χ0n) is 11.1. The van der Waals surface area contributed by atoms with Crippen molar-refractivity contribution in [3.63, 3.8) is 0 Å². The lowest BCUT2D eigenvalue weighted by Crippen LogP contribution is -2.19. The Labute approximate surface area is 119 Å². The van der Waals surface area contributed by atoms with Crippen molar-refractivity contribution in [3.05, 3.63) is 35.2 Å². The molecule has 7 nitrogen and oxygen atoms in total. The van der Waals surface area contributed by atoms with Crippen molar-refractivity contribution >= 4 is 21.7 Å². The molecule has 0 aliphatic carbocycles. The van der Waals surface area contributed by atoms with Crippen LogP contribution >= 0.6 is 0 Å². The van der Waals surface area contributed by atoms with Crippen LogP contribution in [0.2, 0.25) is 0 Å². The van der Waals surface area contributed by atoms with Crippen LogP contribution in [0.25, 0.3) is 0 Å². The molecule has 0 aliphatic heterocycles. The van der Waals surface area contributed by atoms with Crippen molar-refractivity contribution in [2.45, 2.75) is 18.7 Å². The molecular weight excluding hydrogens is 304 g/mol. The average Bonchev–Trinajstić information content (AvgIpc) is 2.31. The number of nitrogen functional groups attached to an aromatic ring is 1. The lowest BCUT2D eigenvalue weighted by atomic mass is 10.3. The summed E-state index contributed by atoms with van der Waals surface area (Å²) in [6.07, 6.45) is 0. The summed E-state index contributed by atoms with van der Waals surface area (Å²) in [5.74, 6) is -3.00. The van der Waals surface area contributed by atoms with Gasteiger partial charge in [0.25, 0.3) is 16.0 Å². The normalized spacial score (nSPS) is 11.4. The van der Waals surface area contributed by atoms with Gasteiger partial charge in [-0.2, -0.15) is 5.10 Å². The van der Waals surface area contributed by atoms with Crippen LogP contribution in [-0.4, -0.2) is 23.6 Å². The van der Waals surface area contributed by atoms with Crippen LogP contribution in [0.4, 0.5) is 20.4 Å². The first-order valence-electron chi connectivity index (χ1n) is 5.66. The smallest absolute Gasteiger partial charge is 0.270 e. The third-order valence-corrected chi connectivity index (χ3v) is 3.99. The van der Waals surface area contributed by atoms with Gasteiger partial charge >= 0.3 is 0 Å². The summed E-state index contributed by atoms with van der Waals surface area (Å²) in [4.78, 5) is 2.67. The molecular formula is C11H11F2N5O2S. The number of aryl methyl sites for hydroxylation is 2. The Balaban J connectivity index is 2.46. The molecule has 10 heteroatoms. The molecule has 0 bridgehead atoms. The van der Waals surface area contributed by atoms with Gasteiger partial charge in [-0.25, -0.2) is 26.9 Å². The second-order valence-electron chi connectivity index (χ2n) is 4.23. The van der Waals surface area contributed by atoms with Gasteiger partial charge in [-0.15, -0.1) is 5.10 Å². The highest BCUT2D eigenvalue weighted by Crippen LogP contribution is 2.23. The molecule has 0 atom stereocenters. The fourth-order valence-corrected chi connectivity index (χ4v) is 2.57. The van der Waals surface area contributed by atoms with E-state index in [2.05, 4.69) is 15.2 Å². The molecule has 1 heterocycles. The van der Waals surface area contributed by atoms with E-state index in [1.54, 1.807) is 13.8 Å². The summed E-state index contributed by atoms with van der Waals surface area (Å²) < 4.78 is 53.2. The van der Waals surface area contributed by atoms with Gasteiger partial charge in [0.2, 0.25) is 0 Å². The Morgan fingerprint density at radius 2 is 1.67 bits per heavy atom. The number of nitrogens with one attached hydrogen (secondary N) is 1. The third kappa shape index (κ3) is 3.05. The van der Waals surface area contributed by atoms with Crippen LogP contribution in [0.3, 0.4) is 0 Å². The Hall–Kier alpha value is -2.36. The summed E-state index contributed by atoms with van der Waals surface area (Å²) in [5, 5.41) is 7.17. The molecule has 0 amide bonds. The molecule has 1 aromatic heterocycles. The highest BCUT2D eigenvalue weighted by Gasteiger charge is 2.26. The van der Waals surface area contributed by atoms with Crippen molar-refractivity contribution in [1.29, 1.82) is 0 Å². The van der Waals surface area contributed by atoms with Gasteiger partial charge in [0.15, 0.2) is 4.90 Å². The second-order valence-corrected chi connectivity index (χ2v) is 5.84. The molecule has 112 valence electrons. The monoisotopic (exact) mass is 315 g/mol. The number of halogens is 2. The van der Waals surface area contributed by atoms with E-state index in [9.17, 15) is 17.2 Å². The van der Waals surface area contributed by atoms with Crippen LogP contribution < -0.4 is 10.5 Å². The molecule has 2 rings (SSSR count). The zero-order chi connectivity index (χ0) is 15.8. The summed E-state index contributed by atoms with van der Waals surface area (Å²) in [6.45, 7) is 3.22. The fraction of sp³-hybridized carbons (Fsp3) is 0.182. The van der Waals surface area contributed by atoms with Crippen LogP contribution in [-0.2, 0) is 10.0 Å². The Kier molecular flexibility index (Phi) is 3.73. The number of anilines is 2. The molecule has 0 saturated heterocycles. The minimum atomic E-state index is -4.54. The molecule has 3 N–H and O–H groups in total. The van der Waals surface area contributed by atoms with Gasteiger partial charge < -0.3 is 5.73 Å². The minimum Gasteiger partial charge on any atom is -0.399 e. The van der Waals surface area contributed by atoms with Crippen LogP contribution in [0.1, 0.15) is 11.4 Å². The first-order valence-corrected chi connectivity index (χ1v) is 7.14. The van der Waals surface area contributed by atoms with Crippen molar-refractivity contribution in [2.75, 3.05) is 10.5 Å². The van der Waals surface area contributed by atoms with Crippen LogP contribution in [0.5, 0.6) is 0 Å². The predicted octanol–water partition coefficient (Wildman–Crippen LogP) is 1.15. The maximum absolute atomic E-state index is 13.7. The molecule has 0 aliphatic rings. The van der Waals surface area contributed by atoms with Gasteiger partial charge in [-0.3, -0.25) is 0 Å². The predicted molar refractivity (Wildman–Crippen MR) is 70.9 cm³/mol. The number of sulfonamides is 1. The zero-order valence-corrected chi connectivity index (χ0v) is 11.9. The van der Waals surface area contributed by atoms with E-state index >= 15 is 0 Å². The lowest BCUT2D eigenvalue weighted by molar-refractivity contribution is 0.522. The molecule has 0 spiro atoms. The van der Waals surface area contributed by atoms with Gasteiger partial charge in [0.1, 0.15) is 11.6 Å². The van der Waals surface area contributed by atoms with Crippen molar-refractivity contribution in [1.82, 2.24) is 15.2 Å². The van der Waals surface area contributed by atoms with Crippen molar-refractivity contribution in [2.24, 2.45) is 0 Å². The molecule has 1 aromatic carbocycles. The average molecular weight is 315 g/mol. The van der Waals surface area contributed by atoms with E-state index in [0.717, 1.165) is 0 Å². The van der Waals surface area contributed by atoms with Gasteiger partial charge in [0, 0.05) is 5.69 Å². The summed E-state index contributed by atoms with van der Waals surface area (Å²) >= 11 is 0. The lowest BCUT2D eigenvalue weighted by Gasteiger charge is -2.09. The van der Waals surface area contributed by atoms with Crippen molar-refractivity contribution < 1.29 is 17.2 Å². The number of hydrogen-bond acceptors (Lipinski definition) is 6. The molecule has 21 heavy (non-hydrogen) atoms. The quantitative estimate of drug-likeness (QED) is 0.822. The molecule has 2 aromatic rings. The van der Waals surface area contributed by atoms with Crippen LogP contribution in [0, 0.1) is 25.5 Å². The van der Waals surface area contributed by atoms with Gasteiger partial charge in [-0.05, 0) is 26.0 Å². The summed E-state index contributed by atoms with van der Waals surface area (Å²) in [5.41, 5.74) is 5.94. The SMILES string of the molecule is Cc1nnc(NS(=O)(=O)c2c(F)cc(N)cc2F)nc1C. The highest BCUT2D eigenvalue weighted by molar-refractivity contribution is 7.92. The number of rotatable bonds is 3. The Morgan fingerprint density at radius 1 is 1.10 bits per heavy atom. The van der Waals surface area contributed by atoms with Crippen LogP contribution in [0.15, 0.2) is 17.0 Å². The maximum Gasteiger partial charge on any atom is 0.270 e. The number of hydrogen-bond donors (Lipinski definition) is 2. The van der Waals surface area contributed by atoms with Crippen molar-refractivity contribution in [3.8, 4) is 0 Å². The van der Waals surface area contributed by atoms with E-state index in [1.165, 1.54) is 0 Å². The maximum atomic E-state index is 13.7. The first kappa shape index (κ1) is 15.0. The Morgan fingerprint density at radius 3 is 2.19 bits per heavy atom. The Bertz CT molecular complexity index is 787. The minimum absolute atomic E-state index is 0.229. The van der Waals surface area contributed by atoms with E-state index in [1.807, 2.05) is 4.72 Å². The van der Waals surface area contributed by atoms with E-state index in [-0.39, 0.29) is 11.6 Å². The first-order chi connectivity index (χ1) is 9.70. The number of nitrogens with two attached hydrogens (primary N) is 1. The molecule has 0 saturated carbocycles. The molecule has 0 unspecified atom stereocenters. The fourth-order valence-electron chi connectivity index (χ4n) is 1.51. The molecule has 0 fully saturated rings. The number of benzene rings is 1. The third-order valence-electron chi connectivity index (χ3n) is 2.61. The van der Waals surface area contributed by atoms with Gasteiger partial charge in [0.05, 0.1) is 11.4 Å². The topological polar surface area (TPSA) is 111 Å². The molecule has 0 radical (unpaired) electrons. The number of nitrogens with zero attached hydrogens (tertiary/aromatic N) is 3. The highest BCUT2D eigenvalue weighted by atomic mass is 32.2. The van der Waals surface area contributed by atoms with E-state index < -0.39 is 26.6 Å². The van der Waals surface area contributed by atoms with E-state index in [0.29, 0.717) is 23.5 Å². The summed E-state index contributed by atoms with van der Waals surface area (Å²) in [7, 11) is -4.54. The number of aromatic nitrogens is 3. The standard InChI is InChI=1S/C11H11F2N5O2S/c1-5-6(2)16-17-11(15-5)18-21(19,20)10-8(12)3-7(14)4-9(10)13/h3-4H,14H2,1-2H3,(H,15,17,18). The largest absolute Gasteiger partial charge is 0.399 e.